The third-order valence-corrected chi connectivity index (χ3v) is 3.75. The van der Waals surface area contributed by atoms with Crippen LogP contribution < -0.4 is 20.3 Å². The van der Waals surface area contributed by atoms with Crippen molar-refractivity contribution in [2.45, 2.75) is 13.8 Å². The van der Waals surface area contributed by atoms with Gasteiger partial charge in [0.05, 0.1) is 12.2 Å². The summed E-state index contributed by atoms with van der Waals surface area (Å²) in [6.07, 6.45) is 0. The van der Waals surface area contributed by atoms with Gasteiger partial charge in [0.1, 0.15) is 18.1 Å². The van der Waals surface area contributed by atoms with E-state index in [0.717, 1.165) is 11.1 Å². The van der Waals surface area contributed by atoms with E-state index in [1.54, 1.807) is 31.4 Å². The molecule has 2 aromatic carbocycles. The summed E-state index contributed by atoms with van der Waals surface area (Å²) in [7, 11) is 1.57. The molecular weight excluding hydrogens is 348 g/mol. The van der Waals surface area contributed by atoms with Gasteiger partial charge in [0.15, 0.2) is 6.61 Å². The Kier molecular flexibility index (Phi) is 7.63. The highest BCUT2D eigenvalue weighted by Crippen LogP contribution is 2.22. The number of hydrazine groups is 1. The van der Waals surface area contributed by atoms with Crippen LogP contribution in [0.15, 0.2) is 42.5 Å². The Morgan fingerprint density at radius 1 is 0.889 bits per heavy atom. The zero-order valence-electron chi connectivity index (χ0n) is 15.7. The lowest BCUT2D eigenvalue weighted by Gasteiger charge is -2.13. The molecular formula is C20H24N2O5. The second kappa shape index (κ2) is 10.2. The van der Waals surface area contributed by atoms with Gasteiger partial charge in [-0.2, -0.15) is 0 Å². The number of rotatable bonds is 8. The molecule has 2 rings (SSSR count). The van der Waals surface area contributed by atoms with Gasteiger partial charge in [-0.3, -0.25) is 20.4 Å². The zero-order valence-corrected chi connectivity index (χ0v) is 15.7. The second-order valence-electron chi connectivity index (χ2n) is 5.85. The first-order valence-corrected chi connectivity index (χ1v) is 8.52. The van der Waals surface area contributed by atoms with Crippen LogP contribution >= 0.6 is 0 Å². The lowest BCUT2D eigenvalue weighted by molar-refractivity contribution is -0.123. The number of benzene rings is 2. The Labute approximate surface area is 158 Å². The van der Waals surface area contributed by atoms with Crippen molar-refractivity contribution < 1.29 is 23.8 Å². The number of hydrogen-bond donors (Lipinski definition) is 2. The fourth-order valence-corrected chi connectivity index (χ4v) is 2.41. The summed E-state index contributed by atoms with van der Waals surface area (Å²) < 4.78 is 16.0. The van der Waals surface area contributed by atoms with Crippen LogP contribution in [-0.2, 0) is 9.53 Å². The van der Waals surface area contributed by atoms with Gasteiger partial charge in [0.25, 0.3) is 11.8 Å². The molecule has 27 heavy (non-hydrogen) atoms. The predicted octanol–water partition coefficient (Wildman–Crippen LogP) is 2.17. The van der Waals surface area contributed by atoms with E-state index in [9.17, 15) is 9.59 Å². The summed E-state index contributed by atoms with van der Waals surface area (Å²) in [5.41, 5.74) is 6.89. The smallest absolute Gasteiger partial charge is 0.276 e. The van der Waals surface area contributed by atoms with Crippen molar-refractivity contribution >= 4 is 11.8 Å². The summed E-state index contributed by atoms with van der Waals surface area (Å²) in [5.74, 6) is 0.121. The predicted molar refractivity (Wildman–Crippen MR) is 101 cm³/mol. The van der Waals surface area contributed by atoms with Crippen LogP contribution in [0.25, 0.3) is 0 Å². The Bertz CT molecular complexity index is 771. The number of aryl methyl sites for hydroxylation is 2. The monoisotopic (exact) mass is 372 g/mol. The molecule has 0 heterocycles. The maximum Gasteiger partial charge on any atom is 0.276 e. The number of nitrogens with one attached hydrogen (secondary N) is 2. The largest absolute Gasteiger partial charge is 0.490 e. The molecule has 144 valence electrons. The minimum atomic E-state index is -0.483. The van der Waals surface area contributed by atoms with Gasteiger partial charge in [-0.1, -0.05) is 30.3 Å². The molecule has 0 aromatic heterocycles. The Morgan fingerprint density at radius 3 is 2.30 bits per heavy atom. The van der Waals surface area contributed by atoms with Crippen molar-refractivity contribution in [3.05, 3.63) is 59.2 Å². The van der Waals surface area contributed by atoms with E-state index in [1.807, 2.05) is 32.0 Å². The highest BCUT2D eigenvalue weighted by molar-refractivity contribution is 5.97. The molecule has 0 bridgehead atoms. The summed E-state index contributed by atoms with van der Waals surface area (Å²) in [4.78, 5) is 24.3. The number of carbonyl (C=O) groups is 2. The second-order valence-corrected chi connectivity index (χ2v) is 5.85. The van der Waals surface area contributed by atoms with Crippen LogP contribution in [0.2, 0.25) is 0 Å². The molecule has 0 saturated heterocycles. The average Bonchev–Trinajstić information content (AvgIpc) is 2.66. The molecule has 0 spiro atoms. The molecule has 0 saturated carbocycles. The Hall–Kier alpha value is -3.06. The highest BCUT2D eigenvalue weighted by atomic mass is 16.5. The molecule has 0 atom stereocenters. The lowest BCUT2D eigenvalue weighted by Crippen LogP contribution is -2.44. The summed E-state index contributed by atoms with van der Waals surface area (Å²) in [6.45, 7) is 4.32. The van der Waals surface area contributed by atoms with Crippen molar-refractivity contribution in [1.29, 1.82) is 0 Å². The molecule has 0 fully saturated rings. The lowest BCUT2D eigenvalue weighted by atomic mass is 10.1. The van der Waals surface area contributed by atoms with Crippen LogP contribution in [0.5, 0.6) is 11.5 Å². The van der Waals surface area contributed by atoms with E-state index in [1.165, 1.54) is 0 Å². The molecule has 0 radical (unpaired) electrons. The fraction of sp³-hybridized carbons (Fsp3) is 0.300. The average molecular weight is 372 g/mol. The van der Waals surface area contributed by atoms with E-state index in [-0.39, 0.29) is 6.61 Å². The first kappa shape index (κ1) is 20.3. The van der Waals surface area contributed by atoms with Gasteiger partial charge in [0.2, 0.25) is 0 Å². The Balaban J connectivity index is 1.87. The van der Waals surface area contributed by atoms with E-state index in [2.05, 4.69) is 10.9 Å². The van der Waals surface area contributed by atoms with Crippen LogP contribution in [-0.4, -0.2) is 38.7 Å². The third-order valence-electron chi connectivity index (χ3n) is 3.75. The van der Waals surface area contributed by atoms with Gasteiger partial charge in [-0.25, -0.2) is 0 Å². The molecule has 7 heteroatoms. The van der Waals surface area contributed by atoms with Crippen molar-refractivity contribution in [2.75, 3.05) is 26.9 Å². The number of para-hydroxylation sites is 2. The normalized spacial score (nSPS) is 10.2. The molecule has 0 unspecified atom stereocenters. The molecule has 2 N–H and O–H groups in total. The topological polar surface area (TPSA) is 85.9 Å². The number of hydrogen-bond acceptors (Lipinski definition) is 5. The summed E-state index contributed by atoms with van der Waals surface area (Å²) in [5, 5.41) is 0. The van der Waals surface area contributed by atoms with Gasteiger partial charge < -0.3 is 14.2 Å². The summed E-state index contributed by atoms with van der Waals surface area (Å²) >= 11 is 0. The maximum absolute atomic E-state index is 12.3. The first-order chi connectivity index (χ1) is 13.0. The van der Waals surface area contributed by atoms with Crippen molar-refractivity contribution in [3.8, 4) is 11.5 Å². The summed E-state index contributed by atoms with van der Waals surface area (Å²) in [6, 6.07) is 12.5. The number of methoxy groups -OCH3 is 1. The molecule has 0 aliphatic rings. The number of ether oxygens (including phenoxy) is 3. The first-order valence-electron chi connectivity index (χ1n) is 8.52. The van der Waals surface area contributed by atoms with Gasteiger partial charge in [0, 0.05) is 7.11 Å². The molecule has 0 aliphatic heterocycles. The minimum absolute atomic E-state index is 0.210. The van der Waals surface area contributed by atoms with Gasteiger partial charge >= 0.3 is 0 Å². The van der Waals surface area contributed by atoms with Crippen molar-refractivity contribution in [2.24, 2.45) is 0 Å². The van der Waals surface area contributed by atoms with Crippen molar-refractivity contribution in [3.63, 3.8) is 0 Å². The van der Waals surface area contributed by atoms with Gasteiger partial charge in [-0.05, 0) is 37.1 Å². The van der Waals surface area contributed by atoms with E-state index < -0.39 is 11.8 Å². The van der Waals surface area contributed by atoms with Crippen molar-refractivity contribution in [1.82, 2.24) is 10.9 Å². The van der Waals surface area contributed by atoms with E-state index in [0.29, 0.717) is 30.3 Å². The Morgan fingerprint density at radius 2 is 1.59 bits per heavy atom. The van der Waals surface area contributed by atoms with Gasteiger partial charge in [-0.15, -0.1) is 0 Å². The van der Waals surface area contributed by atoms with E-state index >= 15 is 0 Å². The molecule has 0 aliphatic carbocycles. The minimum Gasteiger partial charge on any atom is -0.490 e. The van der Waals surface area contributed by atoms with Crippen LogP contribution in [0.3, 0.4) is 0 Å². The van der Waals surface area contributed by atoms with Crippen LogP contribution in [0.1, 0.15) is 21.5 Å². The highest BCUT2D eigenvalue weighted by Gasteiger charge is 2.13. The maximum atomic E-state index is 12.3. The quantitative estimate of drug-likeness (QED) is 0.548. The standard InChI is InChI=1S/C20H24N2O5/c1-14-7-6-8-15(2)19(14)27-13-18(23)21-22-20(24)16-9-4-5-10-17(16)26-12-11-25-3/h4-10H,11-13H2,1-3H3,(H,21,23)(H,22,24). The SMILES string of the molecule is COCCOc1ccccc1C(=O)NNC(=O)COc1c(C)cccc1C. The molecule has 7 nitrogen and oxygen atoms in total. The van der Waals surface area contributed by atoms with Crippen LogP contribution in [0, 0.1) is 13.8 Å². The third kappa shape index (κ3) is 6.00. The number of carbonyl (C=O) groups excluding carboxylic acids is 2. The molecule has 2 aromatic rings. The number of amides is 2. The zero-order chi connectivity index (χ0) is 19.6. The molecule has 2 amide bonds. The van der Waals surface area contributed by atoms with E-state index in [4.69, 9.17) is 14.2 Å². The fourth-order valence-electron chi connectivity index (χ4n) is 2.41. The van der Waals surface area contributed by atoms with Crippen LogP contribution in [0.4, 0.5) is 0 Å².